The lowest BCUT2D eigenvalue weighted by Gasteiger charge is -2.63. The molecule has 4 aliphatic rings. The van der Waals surface area contributed by atoms with E-state index < -0.39 is 100 Å². The smallest absolute Gasteiger partial charge is 0.306 e. The maximum atomic E-state index is 17.4. The number of Topliss-reactive ketones (excluding diaryl/α,β-unsaturated/α-hetero) is 1. The van der Waals surface area contributed by atoms with Crippen molar-refractivity contribution in [2.45, 2.75) is 90.3 Å². The van der Waals surface area contributed by atoms with Gasteiger partial charge in [0, 0.05) is 41.1 Å². The summed E-state index contributed by atoms with van der Waals surface area (Å²) in [7, 11) is 0. The van der Waals surface area contributed by atoms with E-state index in [9.17, 15) is 28.7 Å². The van der Waals surface area contributed by atoms with Crippen LogP contribution in [-0.4, -0.2) is 58.8 Å². The van der Waals surface area contributed by atoms with Crippen molar-refractivity contribution in [1.29, 1.82) is 0 Å². The predicted molar refractivity (Wildman–Crippen MR) is 129 cm³/mol. The first-order valence-corrected chi connectivity index (χ1v) is 13.2. The third-order valence-electron chi connectivity index (χ3n) is 9.88. The van der Waals surface area contributed by atoms with Crippen LogP contribution >= 0.6 is 0 Å². The number of aliphatic hydroxyl groups is 1. The molecule has 0 heterocycles. The summed E-state index contributed by atoms with van der Waals surface area (Å²) in [6.45, 7) is 7.00. The van der Waals surface area contributed by atoms with Gasteiger partial charge in [-0.3, -0.25) is 19.2 Å². The quantitative estimate of drug-likeness (QED) is 0.507. The second kappa shape index (κ2) is 9.31. The Hall–Kier alpha value is -2.49. The van der Waals surface area contributed by atoms with Gasteiger partial charge in [0.25, 0.3) is 0 Å². The molecule has 0 radical (unpaired) electrons. The Kier molecular flexibility index (Phi) is 6.99. The number of ether oxygens (including phenoxy) is 2. The molecule has 0 aromatic carbocycles. The fraction of sp³-hybridized carbons (Fsp3) is 0.714. The second-order valence-corrected chi connectivity index (χ2v) is 11.6. The lowest BCUT2D eigenvalue weighted by Crippen LogP contribution is -2.71. The van der Waals surface area contributed by atoms with Crippen molar-refractivity contribution in [1.82, 2.24) is 0 Å². The van der Waals surface area contributed by atoms with E-state index in [-0.39, 0.29) is 25.7 Å². The van der Waals surface area contributed by atoms with Crippen LogP contribution in [0.3, 0.4) is 0 Å². The minimum atomic E-state index is -2.56. The van der Waals surface area contributed by atoms with Crippen molar-refractivity contribution in [3.8, 4) is 0 Å². The summed E-state index contributed by atoms with van der Waals surface area (Å²) >= 11 is 0. The van der Waals surface area contributed by atoms with Crippen molar-refractivity contribution in [2.75, 3.05) is 6.61 Å². The van der Waals surface area contributed by atoms with E-state index in [0.717, 1.165) is 12.2 Å². The van der Waals surface area contributed by atoms with Gasteiger partial charge >= 0.3 is 11.9 Å². The van der Waals surface area contributed by atoms with Crippen LogP contribution in [0.5, 0.6) is 0 Å². The van der Waals surface area contributed by atoms with E-state index in [1.54, 1.807) is 27.7 Å². The van der Waals surface area contributed by atoms with E-state index in [0.29, 0.717) is 0 Å². The largest absolute Gasteiger partial charge is 0.457 e. The average Bonchev–Trinajstić information content (AvgIpc) is 3.08. The summed E-state index contributed by atoms with van der Waals surface area (Å²) in [5, 5.41) is 11.5. The van der Waals surface area contributed by atoms with E-state index >= 15 is 8.78 Å². The summed E-state index contributed by atoms with van der Waals surface area (Å²) in [6.07, 6.45) is -2.58. The van der Waals surface area contributed by atoms with Crippen LogP contribution in [0.1, 0.15) is 66.7 Å². The molecule has 0 aromatic rings. The monoisotopic (exact) mass is 540 g/mol. The summed E-state index contributed by atoms with van der Waals surface area (Å²) < 4.78 is 58.9. The SMILES string of the molecule is CCC(=O)OCC(=O)[C@@]1(OC(=O)CC)[C@H](C)C[C@H]2[C@@H]3C[C@H](F)C4=C(F)C(=O)C=C[C@]4(C)[C@@]3(F)[C@@H](O)C[C@@]21C. The van der Waals surface area contributed by atoms with E-state index in [1.165, 1.54) is 6.92 Å². The molecule has 0 aliphatic heterocycles. The average molecular weight is 541 g/mol. The van der Waals surface area contributed by atoms with Crippen molar-refractivity contribution < 1.29 is 46.9 Å². The highest BCUT2D eigenvalue weighted by molar-refractivity contribution is 6.04. The van der Waals surface area contributed by atoms with Crippen molar-refractivity contribution in [3.05, 3.63) is 23.6 Å². The lowest BCUT2D eigenvalue weighted by atomic mass is 9.44. The second-order valence-electron chi connectivity index (χ2n) is 11.6. The van der Waals surface area contributed by atoms with Gasteiger partial charge in [0.1, 0.15) is 6.17 Å². The van der Waals surface area contributed by atoms with Crippen LogP contribution in [0.2, 0.25) is 0 Å². The zero-order chi connectivity index (χ0) is 28.4. The normalized spacial score (nSPS) is 43.7. The molecule has 0 unspecified atom stereocenters. The van der Waals surface area contributed by atoms with Gasteiger partial charge in [-0.2, -0.15) is 0 Å². The van der Waals surface area contributed by atoms with Gasteiger partial charge in [0.05, 0.1) is 6.10 Å². The molecule has 9 atom stereocenters. The summed E-state index contributed by atoms with van der Waals surface area (Å²) in [4.78, 5) is 50.2. The third kappa shape index (κ3) is 3.51. The molecule has 0 saturated heterocycles. The predicted octanol–water partition coefficient (Wildman–Crippen LogP) is 4.06. The molecule has 38 heavy (non-hydrogen) atoms. The minimum Gasteiger partial charge on any atom is -0.457 e. The van der Waals surface area contributed by atoms with Crippen molar-refractivity contribution in [2.24, 2.45) is 28.6 Å². The molecule has 3 saturated carbocycles. The van der Waals surface area contributed by atoms with Gasteiger partial charge in [-0.15, -0.1) is 0 Å². The Labute approximate surface area is 219 Å². The molecule has 7 nitrogen and oxygen atoms in total. The van der Waals surface area contributed by atoms with Crippen LogP contribution in [0.4, 0.5) is 13.2 Å². The van der Waals surface area contributed by atoms with Crippen LogP contribution < -0.4 is 0 Å². The molecular formula is C28H35F3O7. The van der Waals surface area contributed by atoms with Crippen molar-refractivity contribution >= 4 is 23.5 Å². The maximum absolute atomic E-state index is 17.4. The zero-order valence-electron chi connectivity index (χ0n) is 22.3. The minimum absolute atomic E-state index is 0.0224. The Bertz CT molecular complexity index is 1130. The van der Waals surface area contributed by atoms with Gasteiger partial charge in [0.15, 0.2) is 23.7 Å². The van der Waals surface area contributed by atoms with E-state index in [4.69, 9.17) is 9.47 Å². The first kappa shape index (κ1) is 28.5. The molecule has 4 aliphatic carbocycles. The van der Waals surface area contributed by atoms with Gasteiger partial charge < -0.3 is 14.6 Å². The maximum Gasteiger partial charge on any atom is 0.306 e. The third-order valence-corrected chi connectivity index (χ3v) is 9.88. The number of aliphatic hydroxyl groups excluding tert-OH is 1. The highest BCUT2D eigenvalue weighted by Gasteiger charge is 2.78. The molecule has 210 valence electrons. The molecule has 0 aromatic heterocycles. The summed E-state index contributed by atoms with van der Waals surface area (Å²) in [5.74, 6) is -7.05. The standard InChI is InChI=1S/C28H35F3O7/c1-6-21(35)37-13-20(34)28(38-22(36)7-2)14(3)10-15-16-11-17(29)23-24(30)18(32)8-9-25(23,4)27(16,31)19(33)12-26(15,28)5/h8-9,14-17,19,33H,6-7,10-13H2,1-5H3/t14-,15+,16+,17+,19+,25+,26+,27+,28+/m1/s1. The van der Waals surface area contributed by atoms with Crippen LogP contribution in [0.15, 0.2) is 23.6 Å². The number of ketones is 2. The number of alkyl halides is 2. The Morgan fingerprint density at radius 3 is 2.34 bits per heavy atom. The number of fused-ring (bicyclic) bond motifs is 5. The molecule has 0 amide bonds. The Balaban J connectivity index is 1.85. The molecular weight excluding hydrogens is 505 g/mol. The first-order chi connectivity index (χ1) is 17.6. The number of esters is 2. The first-order valence-electron chi connectivity index (χ1n) is 13.2. The highest BCUT2D eigenvalue weighted by atomic mass is 19.2. The highest BCUT2D eigenvalue weighted by Crippen LogP contribution is 2.72. The number of allylic oxidation sites excluding steroid dienone is 4. The number of hydrogen-bond donors (Lipinski definition) is 1. The number of carbonyl (C=O) groups is 4. The molecule has 3 fully saturated rings. The van der Waals surface area contributed by atoms with Gasteiger partial charge in [-0.05, 0) is 38.2 Å². The number of carbonyl (C=O) groups excluding carboxylic acids is 4. The van der Waals surface area contributed by atoms with Crippen LogP contribution in [-0.2, 0) is 28.7 Å². The Morgan fingerprint density at radius 2 is 1.74 bits per heavy atom. The molecule has 0 bridgehead atoms. The van der Waals surface area contributed by atoms with Gasteiger partial charge in [-0.25, -0.2) is 13.2 Å². The number of hydrogen-bond acceptors (Lipinski definition) is 7. The summed E-state index contributed by atoms with van der Waals surface area (Å²) in [6, 6.07) is 0. The van der Waals surface area contributed by atoms with E-state index in [1.807, 2.05) is 0 Å². The fourth-order valence-electron chi connectivity index (χ4n) is 8.09. The number of rotatable bonds is 6. The molecule has 4 rings (SSSR count). The lowest BCUT2D eigenvalue weighted by molar-refractivity contribution is -0.232. The molecule has 10 heteroatoms. The molecule has 0 spiro atoms. The van der Waals surface area contributed by atoms with Gasteiger partial charge in [0.2, 0.25) is 11.6 Å². The Morgan fingerprint density at radius 1 is 1.11 bits per heavy atom. The van der Waals surface area contributed by atoms with Crippen LogP contribution in [0.25, 0.3) is 0 Å². The topological polar surface area (TPSA) is 107 Å². The summed E-state index contributed by atoms with van der Waals surface area (Å²) in [5.41, 5.74) is -8.33. The van der Waals surface area contributed by atoms with Gasteiger partial charge in [-0.1, -0.05) is 33.8 Å². The number of halogens is 3. The fourth-order valence-corrected chi connectivity index (χ4v) is 8.09. The van der Waals surface area contributed by atoms with Crippen molar-refractivity contribution in [3.63, 3.8) is 0 Å². The zero-order valence-corrected chi connectivity index (χ0v) is 22.3. The molecule has 1 N–H and O–H groups in total. The van der Waals surface area contributed by atoms with Crippen LogP contribution in [0, 0.1) is 28.6 Å². The van der Waals surface area contributed by atoms with E-state index in [2.05, 4.69) is 0 Å².